The Morgan fingerprint density at radius 1 is 1.18 bits per heavy atom. The number of aryl methyl sites for hydroxylation is 1. The number of likely N-dealkylation sites (tertiary alicyclic amines) is 2. The van der Waals surface area contributed by atoms with Gasteiger partial charge >= 0.3 is 0 Å². The van der Waals surface area contributed by atoms with E-state index >= 15 is 0 Å². The predicted octanol–water partition coefficient (Wildman–Crippen LogP) is 2.03. The quantitative estimate of drug-likeness (QED) is 0.907. The van der Waals surface area contributed by atoms with Gasteiger partial charge in [0.2, 0.25) is 5.91 Å². The lowest BCUT2D eigenvalue weighted by molar-refractivity contribution is -0.139. The first-order chi connectivity index (χ1) is 10.7. The van der Waals surface area contributed by atoms with Crippen LogP contribution in [0.25, 0.3) is 0 Å². The molecule has 0 aliphatic carbocycles. The van der Waals surface area contributed by atoms with Crippen molar-refractivity contribution in [1.29, 1.82) is 0 Å². The molecule has 0 aromatic heterocycles. The predicted molar refractivity (Wildman–Crippen MR) is 88.1 cm³/mol. The van der Waals surface area contributed by atoms with Crippen LogP contribution in [0.4, 0.5) is 5.69 Å². The van der Waals surface area contributed by atoms with Gasteiger partial charge in [0.25, 0.3) is 0 Å². The van der Waals surface area contributed by atoms with Crippen LogP contribution >= 0.6 is 0 Å². The highest BCUT2D eigenvalue weighted by atomic mass is 16.2. The fraction of sp³-hybridized carbons (Fsp3) is 0.611. The molecule has 2 fully saturated rings. The lowest BCUT2D eigenvalue weighted by atomic mass is 10.0. The minimum atomic E-state index is -0.0564. The second-order valence-electron chi connectivity index (χ2n) is 7.06. The number of hydrogen-bond acceptors (Lipinski definition) is 3. The van der Waals surface area contributed by atoms with Crippen LogP contribution < -0.4 is 5.32 Å². The Labute approximate surface area is 132 Å². The summed E-state index contributed by atoms with van der Waals surface area (Å²) in [5, 5.41) is 3.40. The van der Waals surface area contributed by atoms with Crippen molar-refractivity contribution >= 4 is 11.6 Å². The summed E-state index contributed by atoms with van der Waals surface area (Å²) in [7, 11) is 0. The van der Waals surface area contributed by atoms with Gasteiger partial charge in [0.05, 0.1) is 0 Å². The SMILES string of the molecule is Cc1ccc2c(c1)CC(C(=O)N1CC(N3CCCCC3)C1)N2. The standard InChI is InChI=1S/C18H25N3O/c1-13-5-6-16-14(9-13)10-17(19-16)18(22)21-11-15(12-21)20-7-3-2-4-8-20/h5-6,9,15,17,19H,2-4,7-8,10-12H2,1H3. The van der Waals surface area contributed by atoms with E-state index in [1.165, 1.54) is 43.5 Å². The van der Waals surface area contributed by atoms with Gasteiger partial charge in [0, 0.05) is 31.2 Å². The Morgan fingerprint density at radius 3 is 2.73 bits per heavy atom. The molecule has 3 heterocycles. The molecule has 118 valence electrons. The number of amides is 1. The Morgan fingerprint density at radius 2 is 1.95 bits per heavy atom. The lowest BCUT2D eigenvalue weighted by Crippen LogP contribution is -2.63. The molecule has 4 heteroatoms. The van der Waals surface area contributed by atoms with Gasteiger partial charge < -0.3 is 10.2 Å². The minimum absolute atomic E-state index is 0.0564. The monoisotopic (exact) mass is 299 g/mol. The third-order valence-electron chi connectivity index (χ3n) is 5.39. The fourth-order valence-corrected chi connectivity index (χ4v) is 4.01. The first kappa shape index (κ1) is 14.1. The zero-order valence-electron chi connectivity index (χ0n) is 13.3. The van der Waals surface area contributed by atoms with Gasteiger partial charge in [-0.3, -0.25) is 9.69 Å². The maximum Gasteiger partial charge on any atom is 0.245 e. The second kappa shape index (κ2) is 5.58. The molecule has 4 rings (SSSR count). The van der Waals surface area contributed by atoms with E-state index < -0.39 is 0 Å². The molecule has 0 bridgehead atoms. The van der Waals surface area contributed by atoms with E-state index in [4.69, 9.17) is 0 Å². The minimum Gasteiger partial charge on any atom is -0.373 e. The average Bonchev–Trinajstić information content (AvgIpc) is 2.89. The van der Waals surface area contributed by atoms with Crippen molar-refractivity contribution in [1.82, 2.24) is 9.80 Å². The summed E-state index contributed by atoms with van der Waals surface area (Å²) in [5.41, 5.74) is 3.69. The number of carbonyl (C=O) groups is 1. The van der Waals surface area contributed by atoms with Gasteiger partial charge in [-0.25, -0.2) is 0 Å². The van der Waals surface area contributed by atoms with Crippen LogP contribution in [0.2, 0.25) is 0 Å². The van der Waals surface area contributed by atoms with Crippen LogP contribution in [0.5, 0.6) is 0 Å². The Bertz CT molecular complexity index is 574. The van der Waals surface area contributed by atoms with Crippen molar-refractivity contribution in [3.05, 3.63) is 29.3 Å². The molecule has 0 spiro atoms. The third kappa shape index (κ3) is 2.50. The maximum atomic E-state index is 12.7. The second-order valence-corrected chi connectivity index (χ2v) is 7.06. The summed E-state index contributed by atoms with van der Waals surface area (Å²) in [6.07, 6.45) is 4.85. The highest BCUT2D eigenvalue weighted by molar-refractivity contribution is 5.88. The van der Waals surface area contributed by atoms with Gasteiger partial charge in [0.15, 0.2) is 0 Å². The summed E-state index contributed by atoms with van der Waals surface area (Å²) < 4.78 is 0. The van der Waals surface area contributed by atoms with Crippen LogP contribution in [0.1, 0.15) is 30.4 Å². The normalized spacial score (nSPS) is 25.5. The number of rotatable bonds is 2. The van der Waals surface area contributed by atoms with E-state index in [0.29, 0.717) is 6.04 Å². The Hall–Kier alpha value is -1.55. The number of fused-ring (bicyclic) bond motifs is 1. The molecule has 3 aliphatic heterocycles. The maximum absolute atomic E-state index is 12.7. The van der Waals surface area contributed by atoms with Gasteiger partial charge in [-0.15, -0.1) is 0 Å². The van der Waals surface area contributed by atoms with Crippen LogP contribution in [0.3, 0.4) is 0 Å². The molecule has 2 saturated heterocycles. The Kier molecular flexibility index (Phi) is 3.57. The van der Waals surface area contributed by atoms with Gasteiger partial charge in [-0.2, -0.15) is 0 Å². The fourth-order valence-electron chi connectivity index (χ4n) is 4.01. The molecule has 3 aliphatic rings. The smallest absolute Gasteiger partial charge is 0.245 e. The summed E-state index contributed by atoms with van der Waals surface area (Å²) >= 11 is 0. The van der Waals surface area contributed by atoms with E-state index in [1.54, 1.807) is 0 Å². The van der Waals surface area contributed by atoms with Crippen molar-refractivity contribution < 1.29 is 4.79 Å². The average molecular weight is 299 g/mol. The van der Waals surface area contributed by atoms with Crippen LogP contribution in [-0.4, -0.2) is 54.0 Å². The number of anilines is 1. The summed E-state index contributed by atoms with van der Waals surface area (Å²) in [4.78, 5) is 17.3. The molecular weight excluding hydrogens is 274 g/mol. The molecular formula is C18H25N3O. The first-order valence-electron chi connectivity index (χ1n) is 8.59. The molecule has 1 N–H and O–H groups in total. The lowest BCUT2D eigenvalue weighted by Gasteiger charge is -2.47. The van der Waals surface area contributed by atoms with E-state index in [2.05, 4.69) is 35.3 Å². The molecule has 1 atom stereocenters. The molecule has 0 saturated carbocycles. The zero-order valence-corrected chi connectivity index (χ0v) is 13.3. The molecule has 1 amide bonds. The number of carbonyl (C=O) groups excluding carboxylic acids is 1. The molecule has 0 radical (unpaired) electrons. The van der Waals surface area contributed by atoms with Crippen LogP contribution in [0.15, 0.2) is 18.2 Å². The summed E-state index contributed by atoms with van der Waals surface area (Å²) in [6.45, 7) is 6.39. The number of nitrogens with zero attached hydrogens (tertiary/aromatic N) is 2. The topological polar surface area (TPSA) is 35.6 Å². The van der Waals surface area contributed by atoms with E-state index in [9.17, 15) is 4.79 Å². The van der Waals surface area contributed by atoms with Crippen LogP contribution in [-0.2, 0) is 11.2 Å². The molecule has 1 unspecified atom stereocenters. The van der Waals surface area contributed by atoms with E-state index in [1.807, 2.05) is 4.90 Å². The molecule has 4 nitrogen and oxygen atoms in total. The van der Waals surface area contributed by atoms with Gasteiger partial charge in [-0.05, 0) is 44.5 Å². The largest absolute Gasteiger partial charge is 0.373 e. The van der Waals surface area contributed by atoms with Crippen LogP contribution in [0, 0.1) is 6.92 Å². The van der Waals surface area contributed by atoms with Crippen molar-refractivity contribution in [3.8, 4) is 0 Å². The number of benzene rings is 1. The number of piperidine rings is 1. The summed E-state index contributed by atoms with van der Waals surface area (Å²) in [6, 6.07) is 6.95. The highest BCUT2D eigenvalue weighted by Gasteiger charge is 2.39. The van der Waals surface area contributed by atoms with Crippen molar-refractivity contribution in [3.63, 3.8) is 0 Å². The number of hydrogen-bond donors (Lipinski definition) is 1. The van der Waals surface area contributed by atoms with Crippen molar-refractivity contribution in [2.24, 2.45) is 0 Å². The van der Waals surface area contributed by atoms with Gasteiger partial charge in [-0.1, -0.05) is 24.1 Å². The molecule has 22 heavy (non-hydrogen) atoms. The Balaban J connectivity index is 1.33. The van der Waals surface area contributed by atoms with Crippen molar-refractivity contribution in [2.75, 3.05) is 31.5 Å². The first-order valence-corrected chi connectivity index (χ1v) is 8.59. The molecule has 1 aromatic carbocycles. The summed E-state index contributed by atoms with van der Waals surface area (Å²) in [5.74, 6) is 0.280. The number of nitrogens with one attached hydrogen (secondary N) is 1. The van der Waals surface area contributed by atoms with E-state index in [-0.39, 0.29) is 11.9 Å². The van der Waals surface area contributed by atoms with E-state index in [0.717, 1.165) is 25.2 Å². The zero-order chi connectivity index (χ0) is 15.1. The van der Waals surface area contributed by atoms with Crippen molar-refractivity contribution in [2.45, 2.75) is 44.7 Å². The van der Waals surface area contributed by atoms with Gasteiger partial charge in [0.1, 0.15) is 6.04 Å². The molecule has 1 aromatic rings. The highest BCUT2D eigenvalue weighted by Crippen LogP contribution is 2.29. The third-order valence-corrected chi connectivity index (χ3v) is 5.39.